The number of aryl methyl sites for hydroxylation is 1. The Hall–Kier alpha value is -4.10. The number of anilines is 1. The maximum absolute atomic E-state index is 14.0. The zero-order valence-corrected chi connectivity index (χ0v) is 30.1. The van der Waals surface area contributed by atoms with E-state index in [9.17, 15) is 14.7 Å². The normalized spacial score (nSPS) is 15.8. The van der Waals surface area contributed by atoms with Gasteiger partial charge in [0.25, 0.3) is 5.78 Å². The van der Waals surface area contributed by atoms with Gasteiger partial charge < -0.3 is 14.6 Å². The molecule has 1 N–H and O–H groups in total. The minimum atomic E-state index is -1.06. The number of aliphatic hydroxyl groups is 1. The van der Waals surface area contributed by atoms with Gasteiger partial charge in [0.2, 0.25) is 5.13 Å². The topological polar surface area (TPSA) is 119 Å². The van der Waals surface area contributed by atoms with E-state index in [-0.39, 0.29) is 16.5 Å². The molecule has 2 aromatic carbocycles. The predicted octanol–water partition coefficient (Wildman–Crippen LogP) is 8.69. The number of rotatable bonds is 13. The van der Waals surface area contributed by atoms with Gasteiger partial charge in [-0.25, -0.2) is 4.98 Å². The van der Waals surface area contributed by atoms with Gasteiger partial charge >= 0.3 is 5.91 Å². The molecule has 1 unspecified atom stereocenters. The van der Waals surface area contributed by atoms with Crippen molar-refractivity contribution in [3.63, 3.8) is 0 Å². The number of halogens is 2. The van der Waals surface area contributed by atoms with Crippen LogP contribution in [0, 0.1) is 6.92 Å². The van der Waals surface area contributed by atoms with Crippen LogP contribution in [-0.4, -0.2) is 49.6 Å². The summed E-state index contributed by atoms with van der Waals surface area (Å²) in [7, 11) is 0. The lowest BCUT2D eigenvalue weighted by molar-refractivity contribution is -0.132. The van der Waals surface area contributed by atoms with Crippen molar-refractivity contribution in [3.8, 4) is 11.5 Å². The molecule has 0 saturated carbocycles. The van der Waals surface area contributed by atoms with Gasteiger partial charge in [0.1, 0.15) is 11.3 Å². The molecule has 4 heterocycles. The van der Waals surface area contributed by atoms with Gasteiger partial charge in [-0.1, -0.05) is 84.3 Å². The molecule has 0 radical (unpaired) electrons. The number of ketones is 1. The Bertz CT molecular complexity index is 2060. The van der Waals surface area contributed by atoms with Gasteiger partial charge in [0, 0.05) is 22.0 Å². The molecule has 0 spiro atoms. The highest BCUT2D eigenvalue weighted by molar-refractivity contribution is 8.00. The van der Waals surface area contributed by atoms with E-state index in [0.29, 0.717) is 67.4 Å². The second-order valence-electron chi connectivity index (χ2n) is 11.2. The number of ether oxygens (including phenoxy) is 2. The summed E-state index contributed by atoms with van der Waals surface area (Å²) in [6.07, 6.45) is 4.73. The Labute approximate surface area is 301 Å². The van der Waals surface area contributed by atoms with Gasteiger partial charge in [-0.15, -0.1) is 10.2 Å². The van der Waals surface area contributed by atoms with Crippen LogP contribution in [0.4, 0.5) is 5.13 Å². The van der Waals surface area contributed by atoms with Crippen LogP contribution < -0.4 is 14.4 Å². The van der Waals surface area contributed by atoms with Crippen LogP contribution in [0.25, 0.3) is 11.4 Å². The smallest absolute Gasteiger partial charge is 0.301 e. The number of amides is 1. The van der Waals surface area contributed by atoms with Crippen molar-refractivity contribution in [2.24, 2.45) is 0 Å². The summed E-state index contributed by atoms with van der Waals surface area (Å²) in [6.45, 7) is 6.62. The molecule has 6 rings (SSSR count). The lowest BCUT2D eigenvalue weighted by Gasteiger charge is -2.23. The first kappa shape index (κ1) is 34.8. The molecule has 14 heteroatoms. The number of nitrogens with zero attached hydrogens (tertiary/aromatic N) is 5. The lowest BCUT2D eigenvalue weighted by Crippen LogP contribution is -2.29. The molecule has 5 aromatic rings. The van der Waals surface area contributed by atoms with Gasteiger partial charge in [-0.05, 0) is 67.8 Å². The molecule has 1 saturated heterocycles. The fourth-order valence-corrected chi connectivity index (χ4v) is 8.05. The Morgan fingerprint density at radius 1 is 1.02 bits per heavy atom. The number of thioether (sulfide) groups is 1. The fraction of sp³-hybridized carbons (Fsp3) is 0.286. The maximum Gasteiger partial charge on any atom is 0.301 e. The lowest BCUT2D eigenvalue weighted by atomic mass is 9.96. The SMILES string of the molecule is CCCCCOc1ccc(C2C(=C(O)c3c(C)nc4ccccn34)C(=O)C(=O)N2c2nnc(SCc3ccc(Cl)cc3Cl)s2)cc1OCC. The minimum Gasteiger partial charge on any atom is -0.505 e. The number of aliphatic hydroxyl groups excluding tert-OH is 1. The number of aromatic nitrogens is 4. The van der Waals surface area contributed by atoms with Crippen molar-refractivity contribution in [2.75, 3.05) is 18.1 Å². The number of carbonyl (C=O) groups is 2. The molecular formula is C35H33Cl2N5O5S2. The molecule has 1 amide bonds. The molecule has 0 bridgehead atoms. The number of unbranched alkanes of at least 4 members (excludes halogenated alkanes) is 2. The molecule has 254 valence electrons. The van der Waals surface area contributed by atoms with Crippen molar-refractivity contribution in [2.45, 2.75) is 56.2 Å². The van der Waals surface area contributed by atoms with Crippen molar-refractivity contribution < 1.29 is 24.2 Å². The van der Waals surface area contributed by atoms with Crippen molar-refractivity contribution in [3.05, 3.63) is 98.9 Å². The summed E-state index contributed by atoms with van der Waals surface area (Å²) >= 11 is 15.0. The Balaban J connectivity index is 1.43. The predicted molar refractivity (Wildman–Crippen MR) is 193 cm³/mol. The minimum absolute atomic E-state index is 0.102. The van der Waals surface area contributed by atoms with E-state index in [0.717, 1.165) is 36.2 Å². The number of pyridine rings is 1. The summed E-state index contributed by atoms with van der Waals surface area (Å²) < 4.78 is 14.3. The van der Waals surface area contributed by atoms with E-state index < -0.39 is 17.7 Å². The molecule has 10 nitrogen and oxygen atoms in total. The highest BCUT2D eigenvalue weighted by Crippen LogP contribution is 2.46. The summed E-state index contributed by atoms with van der Waals surface area (Å²) in [5.74, 6) is -0.561. The van der Waals surface area contributed by atoms with Crippen LogP contribution in [0.5, 0.6) is 11.5 Å². The van der Waals surface area contributed by atoms with Crippen LogP contribution in [-0.2, 0) is 15.3 Å². The zero-order valence-electron chi connectivity index (χ0n) is 27.0. The number of benzene rings is 2. The van der Waals surface area contributed by atoms with E-state index in [1.807, 2.05) is 19.1 Å². The molecule has 1 aliphatic rings. The van der Waals surface area contributed by atoms with Crippen molar-refractivity contribution in [1.29, 1.82) is 0 Å². The quantitative estimate of drug-likeness (QED) is 0.0316. The average Bonchev–Trinajstić information content (AvgIpc) is 3.76. The third-order valence-corrected chi connectivity index (χ3v) is 10.6. The highest BCUT2D eigenvalue weighted by atomic mass is 35.5. The van der Waals surface area contributed by atoms with Gasteiger partial charge in [0.15, 0.2) is 21.6 Å². The first-order valence-electron chi connectivity index (χ1n) is 15.8. The Morgan fingerprint density at radius 2 is 1.86 bits per heavy atom. The van der Waals surface area contributed by atoms with E-state index in [2.05, 4.69) is 22.1 Å². The van der Waals surface area contributed by atoms with Gasteiger partial charge in [-0.3, -0.25) is 18.9 Å². The largest absolute Gasteiger partial charge is 0.505 e. The second kappa shape index (κ2) is 15.2. The monoisotopic (exact) mass is 737 g/mol. The number of carbonyl (C=O) groups excluding carboxylic acids is 2. The van der Waals surface area contributed by atoms with E-state index >= 15 is 0 Å². The third kappa shape index (κ3) is 7.14. The third-order valence-electron chi connectivity index (χ3n) is 7.93. The number of imidazole rings is 1. The fourth-order valence-electron chi connectivity index (χ4n) is 5.62. The molecule has 1 aliphatic heterocycles. The van der Waals surface area contributed by atoms with Crippen LogP contribution in [0.2, 0.25) is 10.0 Å². The van der Waals surface area contributed by atoms with E-state index in [1.165, 1.54) is 16.7 Å². The Morgan fingerprint density at radius 3 is 2.63 bits per heavy atom. The summed E-state index contributed by atoms with van der Waals surface area (Å²) in [4.78, 5) is 33.7. The number of hydrogen-bond donors (Lipinski definition) is 1. The molecular weight excluding hydrogens is 705 g/mol. The summed E-state index contributed by atoms with van der Waals surface area (Å²) in [6, 6.07) is 14.9. The number of Topliss-reactive ketones (excluding diaryl/α,β-unsaturated/α-hetero) is 1. The zero-order chi connectivity index (χ0) is 34.7. The van der Waals surface area contributed by atoms with E-state index in [1.54, 1.807) is 60.0 Å². The molecule has 1 atom stereocenters. The van der Waals surface area contributed by atoms with Crippen LogP contribution in [0.15, 0.2) is 70.7 Å². The Kier molecular flexibility index (Phi) is 10.8. The maximum atomic E-state index is 14.0. The van der Waals surface area contributed by atoms with Crippen molar-refractivity contribution >= 4 is 74.5 Å². The van der Waals surface area contributed by atoms with Crippen molar-refractivity contribution in [1.82, 2.24) is 19.6 Å². The number of hydrogen-bond acceptors (Lipinski definition) is 10. The van der Waals surface area contributed by atoms with Gasteiger partial charge in [-0.2, -0.15) is 0 Å². The number of fused-ring (bicyclic) bond motifs is 1. The highest BCUT2D eigenvalue weighted by Gasteiger charge is 2.49. The first-order valence-corrected chi connectivity index (χ1v) is 18.3. The first-order chi connectivity index (χ1) is 23.7. The van der Waals surface area contributed by atoms with Crippen LogP contribution in [0.1, 0.15) is 61.7 Å². The van der Waals surface area contributed by atoms with Crippen LogP contribution >= 0.6 is 46.3 Å². The summed E-state index contributed by atoms with van der Waals surface area (Å²) in [5, 5.41) is 21.8. The van der Waals surface area contributed by atoms with Gasteiger partial charge in [0.05, 0.1) is 30.5 Å². The van der Waals surface area contributed by atoms with E-state index in [4.69, 9.17) is 32.7 Å². The summed E-state index contributed by atoms with van der Waals surface area (Å²) in [5.41, 5.74) is 2.67. The molecule has 0 aliphatic carbocycles. The second-order valence-corrected chi connectivity index (χ2v) is 14.2. The standard InChI is InChI=1S/C35H33Cl2N5O5S2/c1-4-6-9-16-47-25-14-12-21(17-26(25)46-5-2)30-28(31(43)29-20(3)38-27-10-7-8-15-41(27)29)32(44)33(45)42(30)34-39-40-35(49-34)48-19-22-11-13-23(36)18-24(22)37/h7-8,10-15,17-18,30,43H,4-6,9,16,19H2,1-3H3. The molecule has 1 fully saturated rings. The average molecular weight is 739 g/mol. The molecule has 49 heavy (non-hydrogen) atoms. The molecule has 3 aromatic heterocycles. The van der Waals surface area contributed by atoms with Crippen LogP contribution in [0.3, 0.4) is 0 Å².